The highest BCUT2D eigenvalue weighted by Gasteiger charge is 2.17. The van der Waals surface area contributed by atoms with Crippen LogP contribution in [0, 0.1) is 0 Å². The molecule has 2 N–H and O–H groups in total. The second-order valence-corrected chi connectivity index (χ2v) is 6.79. The molecule has 0 aliphatic rings. The highest BCUT2D eigenvalue weighted by Crippen LogP contribution is 2.39. The van der Waals surface area contributed by atoms with Gasteiger partial charge in [-0.1, -0.05) is 29.3 Å². The predicted molar refractivity (Wildman–Crippen MR) is 130 cm³/mol. The van der Waals surface area contributed by atoms with Crippen LogP contribution in [0.4, 0.5) is 0 Å². The lowest BCUT2D eigenvalue weighted by Gasteiger charge is -2.20. The Bertz CT molecular complexity index is 850. The Morgan fingerprint density at radius 3 is 2.28 bits per heavy atom. The molecule has 1 atom stereocenters. The van der Waals surface area contributed by atoms with E-state index in [2.05, 4.69) is 15.6 Å². The molecule has 0 heterocycles. The molecule has 0 saturated carbocycles. The van der Waals surface area contributed by atoms with Gasteiger partial charge in [0.25, 0.3) is 0 Å². The highest BCUT2D eigenvalue weighted by molar-refractivity contribution is 14.0. The van der Waals surface area contributed by atoms with Gasteiger partial charge in [0.1, 0.15) is 0 Å². The van der Waals surface area contributed by atoms with Crippen molar-refractivity contribution in [3.63, 3.8) is 0 Å². The summed E-state index contributed by atoms with van der Waals surface area (Å²) < 4.78 is 16.3. The smallest absolute Gasteiger partial charge is 0.203 e. The topological polar surface area (TPSA) is 64.1 Å². The first kappa shape index (κ1) is 25.5. The summed E-state index contributed by atoms with van der Waals surface area (Å²) in [5.74, 6) is 2.39. The van der Waals surface area contributed by atoms with Crippen molar-refractivity contribution in [2.24, 2.45) is 4.99 Å². The number of guanidine groups is 1. The van der Waals surface area contributed by atoms with Crippen molar-refractivity contribution in [2.75, 3.05) is 28.4 Å². The average Bonchev–Trinajstić information content (AvgIpc) is 2.69. The molecule has 0 fully saturated rings. The van der Waals surface area contributed by atoms with Crippen LogP contribution in [0.5, 0.6) is 17.2 Å². The molecule has 1 unspecified atom stereocenters. The van der Waals surface area contributed by atoms with Crippen LogP contribution in [0.1, 0.15) is 24.1 Å². The Hall–Kier alpha value is -1.58. The van der Waals surface area contributed by atoms with E-state index in [1.807, 2.05) is 31.2 Å². The number of methoxy groups -OCH3 is 3. The van der Waals surface area contributed by atoms with Crippen molar-refractivity contribution in [1.29, 1.82) is 0 Å². The van der Waals surface area contributed by atoms with Gasteiger partial charge in [-0.3, -0.25) is 4.99 Å². The molecule has 0 amide bonds. The van der Waals surface area contributed by atoms with Gasteiger partial charge in [-0.2, -0.15) is 0 Å². The van der Waals surface area contributed by atoms with Crippen molar-refractivity contribution in [2.45, 2.75) is 19.5 Å². The maximum atomic E-state index is 6.30. The van der Waals surface area contributed by atoms with E-state index in [1.165, 1.54) is 0 Å². The molecule has 2 aromatic carbocycles. The molecule has 0 aliphatic carbocycles. The standard InChI is InChI=1S/C20H25Cl2N3O3.HI/c1-12(15-8-7-14(21)10-16(15)22)25-20(23-2)24-11-13-6-9-17(26-3)19(28-5)18(13)27-4;/h6-10,12H,11H2,1-5H3,(H2,23,24,25);1H. The minimum atomic E-state index is -0.0664. The summed E-state index contributed by atoms with van der Waals surface area (Å²) in [5.41, 5.74) is 1.83. The molecule has 0 aliphatic heterocycles. The Kier molecular flexibility index (Phi) is 10.7. The summed E-state index contributed by atoms with van der Waals surface area (Å²) in [6, 6.07) is 9.12. The van der Waals surface area contributed by atoms with E-state index >= 15 is 0 Å². The number of hydrogen-bond donors (Lipinski definition) is 2. The fourth-order valence-electron chi connectivity index (χ4n) is 2.81. The summed E-state index contributed by atoms with van der Waals surface area (Å²) in [6.45, 7) is 2.48. The van der Waals surface area contributed by atoms with Crippen LogP contribution in [-0.2, 0) is 6.54 Å². The number of nitrogens with one attached hydrogen (secondary N) is 2. The lowest BCUT2D eigenvalue weighted by molar-refractivity contribution is 0.322. The number of hydrogen-bond acceptors (Lipinski definition) is 4. The quantitative estimate of drug-likeness (QED) is 0.285. The number of rotatable bonds is 7. The summed E-state index contributed by atoms with van der Waals surface area (Å²) in [5, 5.41) is 7.79. The van der Waals surface area contributed by atoms with Gasteiger partial charge in [0.2, 0.25) is 5.75 Å². The van der Waals surface area contributed by atoms with Gasteiger partial charge in [-0.25, -0.2) is 0 Å². The summed E-state index contributed by atoms with van der Waals surface area (Å²) in [7, 11) is 6.47. The van der Waals surface area contributed by atoms with Crippen LogP contribution < -0.4 is 24.8 Å². The van der Waals surface area contributed by atoms with Gasteiger partial charge < -0.3 is 24.8 Å². The first-order chi connectivity index (χ1) is 13.4. The van der Waals surface area contributed by atoms with E-state index in [1.54, 1.807) is 34.4 Å². The van der Waals surface area contributed by atoms with Crippen molar-refractivity contribution < 1.29 is 14.2 Å². The summed E-state index contributed by atoms with van der Waals surface area (Å²) in [4.78, 5) is 4.28. The predicted octanol–water partition coefficient (Wildman–Crippen LogP) is 5.06. The molecule has 6 nitrogen and oxygen atoms in total. The van der Waals surface area contributed by atoms with Crippen LogP contribution in [0.2, 0.25) is 10.0 Å². The molecule has 160 valence electrons. The van der Waals surface area contributed by atoms with Crippen LogP contribution >= 0.6 is 47.2 Å². The fourth-order valence-corrected chi connectivity index (χ4v) is 3.38. The van der Waals surface area contributed by atoms with E-state index in [0.29, 0.717) is 39.8 Å². The molecule has 0 bridgehead atoms. The average molecular weight is 554 g/mol. The van der Waals surface area contributed by atoms with Crippen LogP contribution in [0.25, 0.3) is 0 Å². The van der Waals surface area contributed by atoms with Gasteiger partial charge in [0.05, 0.1) is 27.4 Å². The molecule has 0 saturated heterocycles. The summed E-state index contributed by atoms with van der Waals surface area (Å²) >= 11 is 12.3. The second-order valence-electron chi connectivity index (χ2n) is 5.95. The summed E-state index contributed by atoms with van der Waals surface area (Å²) in [6.07, 6.45) is 0. The minimum absolute atomic E-state index is 0. The Labute approximate surface area is 198 Å². The number of nitrogens with zero attached hydrogens (tertiary/aromatic N) is 1. The van der Waals surface area contributed by atoms with Gasteiger partial charge >= 0.3 is 0 Å². The van der Waals surface area contributed by atoms with Crippen LogP contribution in [-0.4, -0.2) is 34.3 Å². The fraction of sp³-hybridized carbons (Fsp3) is 0.350. The Morgan fingerprint density at radius 1 is 1.03 bits per heavy atom. The third kappa shape index (κ3) is 6.45. The van der Waals surface area contributed by atoms with Gasteiger partial charge in [-0.15, -0.1) is 24.0 Å². The third-order valence-corrected chi connectivity index (χ3v) is 4.80. The zero-order valence-corrected chi connectivity index (χ0v) is 20.8. The molecular weight excluding hydrogens is 528 g/mol. The molecule has 0 aromatic heterocycles. The first-order valence-electron chi connectivity index (χ1n) is 8.65. The van der Waals surface area contributed by atoms with Gasteiger partial charge in [0.15, 0.2) is 17.5 Å². The first-order valence-corrected chi connectivity index (χ1v) is 9.40. The van der Waals surface area contributed by atoms with E-state index in [0.717, 1.165) is 11.1 Å². The van der Waals surface area contributed by atoms with Crippen molar-refractivity contribution >= 4 is 53.1 Å². The van der Waals surface area contributed by atoms with Crippen molar-refractivity contribution in [1.82, 2.24) is 10.6 Å². The zero-order valence-electron chi connectivity index (χ0n) is 17.0. The molecule has 29 heavy (non-hydrogen) atoms. The van der Waals surface area contributed by atoms with E-state index < -0.39 is 0 Å². The molecule has 9 heteroatoms. The molecule has 0 radical (unpaired) electrons. The number of ether oxygens (including phenoxy) is 3. The minimum Gasteiger partial charge on any atom is -0.493 e. The number of benzene rings is 2. The monoisotopic (exact) mass is 553 g/mol. The molecule has 2 aromatic rings. The SMILES string of the molecule is CN=C(NCc1ccc(OC)c(OC)c1OC)NC(C)c1ccc(Cl)cc1Cl.I. The largest absolute Gasteiger partial charge is 0.493 e. The maximum Gasteiger partial charge on any atom is 0.203 e. The normalized spacial score (nSPS) is 11.9. The van der Waals surface area contributed by atoms with E-state index in [4.69, 9.17) is 37.4 Å². The van der Waals surface area contributed by atoms with Crippen LogP contribution in [0.15, 0.2) is 35.3 Å². The maximum absolute atomic E-state index is 6.30. The lowest BCUT2D eigenvalue weighted by atomic mass is 10.1. The molecule has 2 rings (SSSR count). The zero-order chi connectivity index (χ0) is 20.7. The Balaban J connectivity index is 0.00000420. The van der Waals surface area contributed by atoms with E-state index in [9.17, 15) is 0 Å². The van der Waals surface area contributed by atoms with Gasteiger partial charge in [-0.05, 0) is 36.8 Å². The van der Waals surface area contributed by atoms with E-state index in [-0.39, 0.29) is 30.0 Å². The molecular formula is C20H26Cl2IN3O3. The second kappa shape index (κ2) is 12.2. The lowest BCUT2D eigenvalue weighted by Crippen LogP contribution is -2.38. The number of halogens is 3. The third-order valence-electron chi connectivity index (χ3n) is 4.24. The highest BCUT2D eigenvalue weighted by atomic mass is 127. The molecule has 0 spiro atoms. The Morgan fingerprint density at radius 2 is 1.72 bits per heavy atom. The van der Waals surface area contributed by atoms with Crippen molar-refractivity contribution in [3.8, 4) is 17.2 Å². The van der Waals surface area contributed by atoms with Crippen LogP contribution in [0.3, 0.4) is 0 Å². The number of aliphatic imine (C=N–C) groups is 1. The van der Waals surface area contributed by atoms with Crippen molar-refractivity contribution in [3.05, 3.63) is 51.5 Å². The van der Waals surface area contributed by atoms with Gasteiger partial charge in [0, 0.05) is 29.2 Å².